The van der Waals surface area contributed by atoms with Gasteiger partial charge >= 0.3 is 0 Å². The first-order valence-electron chi connectivity index (χ1n) is 6.37. The summed E-state index contributed by atoms with van der Waals surface area (Å²) >= 11 is 0. The Kier molecular flexibility index (Phi) is 6.77. The van der Waals surface area contributed by atoms with Crippen LogP contribution < -0.4 is 0 Å². The van der Waals surface area contributed by atoms with Crippen LogP contribution in [0.4, 0.5) is 0 Å². The maximum atomic E-state index is 11.7. The number of Topliss-reactive ketones (excluding diaryl/α,β-unsaturated/α-hetero) is 1. The molecule has 1 rings (SSSR count). The van der Waals surface area contributed by atoms with Gasteiger partial charge in [-0.05, 0) is 12.0 Å². The number of rotatable bonds is 8. The number of hydrogen-bond acceptors (Lipinski definition) is 6. The smallest absolute Gasteiger partial charge is 0.164 e. The van der Waals surface area contributed by atoms with E-state index in [1.807, 2.05) is 30.3 Å². The van der Waals surface area contributed by atoms with Gasteiger partial charge in [-0.15, -0.1) is 0 Å². The summed E-state index contributed by atoms with van der Waals surface area (Å²) in [6, 6.07) is 9.16. The van der Waals surface area contributed by atoms with Gasteiger partial charge in [-0.1, -0.05) is 30.3 Å². The quantitative estimate of drug-likeness (QED) is 0.402. The summed E-state index contributed by atoms with van der Waals surface area (Å²) in [6.45, 7) is -0.775. The van der Waals surface area contributed by atoms with Gasteiger partial charge in [0.2, 0.25) is 0 Å². The van der Waals surface area contributed by atoms with Crippen LogP contribution in [0.25, 0.3) is 0 Å². The molecule has 0 radical (unpaired) electrons. The minimum atomic E-state index is -1.83. The molecule has 4 unspecified atom stereocenters. The molecule has 0 heterocycles. The molecular weight excluding hydrogens is 264 g/mol. The summed E-state index contributed by atoms with van der Waals surface area (Å²) in [6.07, 6.45) is -6.61. The second-order valence-electron chi connectivity index (χ2n) is 4.63. The molecule has 20 heavy (non-hydrogen) atoms. The fraction of sp³-hybridized carbons (Fsp3) is 0.500. The summed E-state index contributed by atoms with van der Waals surface area (Å²) in [5.74, 6) is -0.634. The van der Waals surface area contributed by atoms with Gasteiger partial charge in [0, 0.05) is 6.42 Å². The number of aliphatic hydroxyl groups excluding tert-OH is 5. The molecule has 0 saturated heterocycles. The molecule has 1 aromatic carbocycles. The zero-order chi connectivity index (χ0) is 15.1. The van der Waals surface area contributed by atoms with E-state index in [4.69, 9.17) is 10.2 Å². The Bertz CT molecular complexity index is 407. The summed E-state index contributed by atoms with van der Waals surface area (Å²) < 4.78 is 0. The Morgan fingerprint density at radius 1 is 1.00 bits per heavy atom. The first kappa shape index (κ1) is 16.7. The second kappa shape index (κ2) is 8.08. The normalized spacial score (nSPS) is 17.2. The number of ketones is 1. The Morgan fingerprint density at radius 3 is 2.15 bits per heavy atom. The maximum absolute atomic E-state index is 11.7. The predicted octanol–water partition coefficient (Wildman–Crippen LogP) is -1.38. The van der Waals surface area contributed by atoms with E-state index in [1.54, 1.807) is 0 Å². The highest BCUT2D eigenvalue weighted by Gasteiger charge is 2.33. The molecule has 0 amide bonds. The molecule has 6 nitrogen and oxygen atoms in total. The van der Waals surface area contributed by atoms with Gasteiger partial charge in [0.25, 0.3) is 0 Å². The minimum Gasteiger partial charge on any atom is -0.394 e. The molecular formula is C14H20O6. The van der Waals surface area contributed by atoms with Gasteiger partial charge in [-0.3, -0.25) is 4.79 Å². The van der Waals surface area contributed by atoms with Crippen molar-refractivity contribution in [2.75, 3.05) is 6.61 Å². The topological polar surface area (TPSA) is 118 Å². The van der Waals surface area contributed by atoms with E-state index in [0.717, 1.165) is 5.56 Å². The molecule has 112 valence electrons. The standard InChI is InChI=1S/C14H20O6/c15-8-11(17)13(19)14(20)12(18)10(16)7-6-9-4-2-1-3-5-9/h1-5,11-15,17-20H,6-8H2. The Labute approximate surface area is 116 Å². The summed E-state index contributed by atoms with van der Waals surface area (Å²) in [4.78, 5) is 11.7. The Hall–Kier alpha value is -1.31. The summed E-state index contributed by atoms with van der Waals surface area (Å²) in [7, 11) is 0. The molecule has 5 N–H and O–H groups in total. The lowest BCUT2D eigenvalue weighted by atomic mass is 9.97. The van der Waals surface area contributed by atoms with E-state index in [1.165, 1.54) is 0 Å². The zero-order valence-electron chi connectivity index (χ0n) is 11.0. The monoisotopic (exact) mass is 284 g/mol. The third-order valence-corrected chi connectivity index (χ3v) is 3.09. The van der Waals surface area contributed by atoms with Gasteiger partial charge in [0.15, 0.2) is 5.78 Å². The highest BCUT2D eigenvalue weighted by Crippen LogP contribution is 2.10. The SMILES string of the molecule is O=C(CCc1ccccc1)C(O)C(O)C(O)C(O)CO. The van der Waals surface area contributed by atoms with Crippen molar-refractivity contribution in [1.29, 1.82) is 0 Å². The average Bonchev–Trinajstić information content (AvgIpc) is 2.50. The van der Waals surface area contributed by atoms with Crippen molar-refractivity contribution in [3.8, 4) is 0 Å². The number of aryl methyl sites for hydroxylation is 1. The fourth-order valence-electron chi connectivity index (χ4n) is 1.77. The molecule has 0 bridgehead atoms. The van der Waals surface area contributed by atoms with E-state index in [9.17, 15) is 20.1 Å². The van der Waals surface area contributed by atoms with Crippen LogP contribution in [-0.4, -0.2) is 62.3 Å². The predicted molar refractivity (Wildman–Crippen MR) is 70.9 cm³/mol. The Morgan fingerprint density at radius 2 is 1.60 bits per heavy atom. The van der Waals surface area contributed by atoms with Crippen LogP contribution in [0.2, 0.25) is 0 Å². The van der Waals surface area contributed by atoms with Crippen molar-refractivity contribution in [2.24, 2.45) is 0 Å². The number of carbonyl (C=O) groups excluding carboxylic acids is 1. The van der Waals surface area contributed by atoms with E-state index in [2.05, 4.69) is 0 Å². The van der Waals surface area contributed by atoms with Crippen LogP contribution in [0, 0.1) is 0 Å². The van der Waals surface area contributed by atoms with E-state index in [-0.39, 0.29) is 6.42 Å². The molecule has 0 spiro atoms. The van der Waals surface area contributed by atoms with Crippen LogP contribution in [0.15, 0.2) is 30.3 Å². The van der Waals surface area contributed by atoms with Crippen LogP contribution in [0.5, 0.6) is 0 Å². The average molecular weight is 284 g/mol. The lowest BCUT2D eigenvalue weighted by molar-refractivity contribution is -0.146. The minimum absolute atomic E-state index is 0.00415. The Balaban J connectivity index is 2.50. The van der Waals surface area contributed by atoms with Crippen molar-refractivity contribution in [3.63, 3.8) is 0 Å². The van der Waals surface area contributed by atoms with E-state index < -0.39 is 36.8 Å². The van der Waals surface area contributed by atoms with Crippen molar-refractivity contribution in [3.05, 3.63) is 35.9 Å². The lowest BCUT2D eigenvalue weighted by Gasteiger charge is -2.24. The number of carbonyl (C=O) groups is 1. The molecule has 1 aromatic rings. The summed E-state index contributed by atoms with van der Waals surface area (Å²) in [5, 5.41) is 46.4. The van der Waals surface area contributed by atoms with Gasteiger partial charge in [0.05, 0.1) is 6.61 Å². The molecule has 0 fully saturated rings. The molecule has 6 heteroatoms. The lowest BCUT2D eigenvalue weighted by Crippen LogP contribution is -2.48. The number of benzene rings is 1. The third kappa shape index (κ3) is 4.66. The second-order valence-corrected chi connectivity index (χ2v) is 4.63. The molecule has 0 aliphatic heterocycles. The van der Waals surface area contributed by atoms with Crippen LogP contribution >= 0.6 is 0 Å². The summed E-state index contributed by atoms with van der Waals surface area (Å²) in [5.41, 5.74) is 0.915. The van der Waals surface area contributed by atoms with Gasteiger partial charge < -0.3 is 25.5 Å². The molecule has 0 aromatic heterocycles. The number of hydrogen-bond donors (Lipinski definition) is 5. The highest BCUT2D eigenvalue weighted by atomic mass is 16.4. The molecule has 4 atom stereocenters. The van der Waals surface area contributed by atoms with Crippen LogP contribution in [-0.2, 0) is 11.2 Å². The van der Waals surface area contributed by atoms with Crippen molar-refractivity contribution < 1.29 is 30.3 Å². The van der Waals surface area contributed by atoms with Crippen molar-refractivity contribution in [1.82, 2.24) is 0 Å². The largest absolute Gasteiger partial charge is 0.394 e. The van der Waals surface area contributed by atoms with E-state index in [0.29, 0.717) is 6.42 Å². The van der Waals surface area contributed by atoms with Crippen LogP contribution in [0.1, 0.15) is 12.0 Å². The van der Waals surface area contributed by atoms with Gasteiger partial charge in [-0.25, -0.2) is 0 Å². The zero-order valence-corrected chi connectivity index (χ0v) is 11.0. The van der Waals surface area contributed by atoms with Gasteiger partial charge in [-0.2, -0.15) is 0 Å². The fourth-order valence-corrected chi connectivity index (χ4v) is 1.77. The molecule has 0 saturated carbocycles. The first-order chi connectivity index (χ1) is 9.47. The van der Waals surface area contributed by atoms with E-state index >= 15 is 0 Å². The third-order valence-electron chi connectivity index (χ3n) is 3.09. The van der Waals surface area contributed by atoms with Crippen molar-refractivity contribution >= 4 is 5.78 Å². The highest BCUT2D eigenvalue weighted by molar-refractivity contribution is 5.83. The van der Waals surface area contributed by atoms with Crippen LogP contribution in [0.3, 0.4) is 0 Å². The molecule has 0 aliphatic carbocycles. The first-order valence-corrected chi connectivity index (χ1v) is 6.37. The molecule has 0 aliphatic rings. The van der Waals surface area contributed by atoms with Gasteiger partial charge in [0.1, 0.15) is 24.4 Å². The maximum Gasteiger partial charge on any atom is 0.164 e. The number of aliphatic hydroxyl groups is 5. The van der Waals surface area contributed by atoms with Crippen molar-refractivity contribution in [2.45, 2.75) is 37.3 Å².